The van der Waals surface area contributed by atoms with Crippen LogP contribution in [0, 0.1) is 17.2 Å². The number of nitrogens with one attached hydrogen (secondary N) is 2. The lowest BCUT2D eigenvalue weighted by Crippen LogP contribution is -2.56. The minimum Gasteiger partial charge on any atom is -0.366 e. The van der Waals surface area contributed by atoms with E-state index in [9.17, 15) is 0 Å². The molecule has 0 amide bonds. The number of anilines is 2. The fourth-order valence-electron chi connectivity index (χ4n) is 5.41. The van der Waals surface area contributed by atoms with Crippen LogP contribution >= 0.6 is 15.9 Å². The van der Waals surface area contributed by atoms with Crippen LogP contribution in [-0.2, 0) is 0 Å². The molecular formula is C22H26BrN7. The van der Waals surface area contributed by atoms with Gasteiger partial charge in [0.15, 0.2) is 0 Å². The molecule has 2 aromatic heterocycles. The topological polar surface area (TPSA) is 89.8 Å². The van der Waals surface area contributed by atoms with E-state index in [0.29, 0.717) is 35.6 Å². The average Bonchev–Trinajstić information content (AvgIpc) is 3.36. The first-order valence-electron chi connectivity index (χ1n) is 10.8. The smallest absolute Gasteiger partial charge is 0.225 e. The molecule has 7 nitrogen and oxygen atoms in total. The van der Waals surface area contributed by atoms with Crippen LogP contribution in [0.15, 0.2) is 35.2 Å². The maximum absolute atomic E-state index is 9.00. The Morgan fingerprint density at radius 3 is 2.60 bits per heavy atom. The van der Waals surface area contributed by atoms with E-state index in [4.69, 9.17) is 5.26 Å². The lowest BCUT2D eigenvalue weighted by Gasteiger charge is -2.40. The molecule has 8 heteroatoms. The van der Waals surface area contributed by atoms with Crippen LogP contribution in [0.4, 0.5) is 11.8 Å². The van der Waals surface area contributed by atoms with Crippen molar-refractivity contribution in [2.24, 2.45) is 5.92 Å². The number of pyridine rings is 1. The Kier molecular flexibility index (Phi) is 5.57. The summed E-state index contributed by atoms with van der Waals surface area (Å²) in [6, 6.07) is 7.80. The Morgan fingerprint density at radius 1 is 1.07 bits per heavy atom. The maximum atomic E-state index is 9.00. The van der Waals surface area contributed by atoms with E-state index in [0.717, 1.165) is 29.2 Å². The first-order valence-corrected chi connectivity index (χ1v) is 11.6. The van der Waals surface area contributed by atoms with Crippen LogP contribution in [0.5, 0.6) is 0 Å². The number of hydrogen-bond acceptors (Lipinski definition) is 7. The zero-order chi connectivity index (χ0) is 20.5. The van der Waals surface area contributed by atoms with E-state index >= 15 is 0 Å². The van der Waals surface area contributed by atoms with Crippen molar-refractivity contribution < 1.29 is 0 Å². The third-order valence-electron chi connectivity index (χ3n) is 6.76. The summed E-state index contributed by atoms with van der Waals surface area (Å²) < 4.78 is 1.05. The van der Waals surface area contributed by atoms with E-state index in [1.54, 1.807) is 12.4 Å². The number of hydrogen-bond donors (Lipinski definition) is 2. The van der Waals surface area contributed by atoms with Gasteiger partial charge in [-0.2, -0.15) is 5.26 Å². The number of piperidine rings is 1. The summed E-state index contributed by atoms with van der Waals surface area (Å²) in [5.74, 6) is 2.38. The molecule has 3 fully saturated rings. The molecule has 0 aromatic carbocycles. The molecule has 0 spiro atoms. The Bertz CT molecular complexity index is 928. The molecule has 0 radical (unpaired) electrons. The van der Waals surface area contributed by atoms with E-state index in [1.165, 1.54) is 32.1 Å². The molecule has 30 heavy (non-hydrogen) atoms. The summed E-state index contributed by atoms with van der Waals surface area (Å²) >= 11 is 3.54. The molecule has 2 saturated carbocycles. The molecular weight excluding hydrogens is 442 g/mol. The second-order valence-electron chi connectivity index (χ2n) is 8.71. The number of rotatable bonds is 5. The van der Waals surface area contributed by atoms with Gasteiger partial charge in [-0.3, -0.25) is 0 Å². The van der Waals surface area contributed by atoms with Gasteiger partial charge in [0, 0.05) is 41.4 Å². The predicted octanol–water partition coefficient (Wildman–Crippen LogP) is 3.49. The standard InChI is InChI=1S/C22H26BrN7/c23-16-5-6-25-21(9-16)29-18-4-2-1-3-17(18)28-19-7-14-8-20(19)30(13-14)22-26-11-15(10-24)12-27-22/h5-6,9,11-12,14,17-20,28H,1-4,7-8,13H2,(H,25,29)/t14-,17-,18-,19+,20-/m1/s1. The first kappa shape index (κ1) is 19.7. The van der Waals surface area contributed by atoms with Crippen LogP contribution in [-0.4, -0.2) is 45.7 Å². The third-order valence-corrected chi connectivity index (χ3v) is 7.25. The summed E-state index contributed by atoms with van der Waals surface area (Å²) in [4.78, 5) is 15.7. The summed E-state index contributed by atoms with van der Waals surface area (Å²) in [7, 11) is 0. The molecule has 5 atom stereocenters. The highest BCUT2D eigenvalue weighted by Gasteiger charge is 2.47. The number of halogens is 1. The fraction of sp³-hybridized carbons (Fsp3) is 0.545. The maximum Gasteiger partial charge on any atom is 0.225 e. The van der Waals surface area contributed by atoms with Crippen LogP contribution in [0.1, 0.15) is 44.1 Å². The highest BCUT2D eigenvalue weighted by Crippen LogP contribution is 2.40. The first-order chi connectivity index (χ1) is 14.7. The summed E-state index contributed by atoms with van der Waals surface area (Å²) in [5, 5.41) is 16.7. The monoisotopic (exact) mass is 467 g/mol. The van der Waals surface area contributed by atoms with Gasteiger partial charge in [0.1, 0.15) is 11.9 Å². The van der Waals surface area contributed by atoms with Gasteiger partial charge in [-0.1, -0.05) is 28.8 Å². The largest absolute Gasteiger partial charge is 0.366 e. The van der Waals surface area contributed by atoms with Gasteiger partial charge in [0.2, 0.25) is 5.95 Å². The summed E-state index contributed by atoms with van der Waals surface area (Å²) in [5.41, 5.74) is 0.509. The van der Waals surface area contributed by atoms with E-state index in [-0.39, 0.29) is 0 Å². The van der Waals surface area contributed by atoms with Gasteiger partial charge in [-0.25, -0.2) is 15.0 Å². The van der Waals surface area contributed by atoms with Crippen molar-refractivity contribution in [2.75, 3.05) is 16.8 Å². The SMILES string of the molecule is N#Cc1cnc(N2C[C@@H]3C[C@H](N[C@@H]4CCCC[C@H]4Nc4cc(Br)ccn4)[C@H]2C3)nc1. The van der Waals surface area contributed by atoms with Crippen molar-refractivity contribution in [1.29, 1.82) is 5.26 Å². The Morgan fingerprint density at radius 2 is 1.87 bits per heavy atom. The molecule has 3 aliphatic rings. The Hall–Kier alpha value is -2.24. The second-order valence-corrected chi connectivity index (χ2v) is 9.63. The predicted molar refractivity (Wildman–Crippen MR) is 119 cm³/mol. The average molecular weight is 468 g/mol. The molecule has 156 valence electrons. The van der Waals surface area contributed by atoms with Crippen molar-refractivity contribution in [3.63, 3.8) is 0 Å². The van der Waals surface area contributed by atoms with Crippen LogP contribution in [0.2, 0.25) is 0 Å². The fourth-order valence-corrected chi connectivity index (χ4v) is 5.75. The normalized spacial score (nSPS) is 30.3. The summed E-state index contributed by atoms with van der Waals surface area (Å²) in [6.45, 7) is 1.02. The van der Waals surface area contributed by atoms with Gasteiger partial charge in [-0.15, -0.1) is 0 Å². The van der Waals surface area contributed by atoms with Gasteiger partial charge in [0.05, 0.1) is 18.0 Å². The van der Waals surface area contributed by atoms with Crippen molar-refractivity contribution in [3.05, 3.63) is 40.8 Å². The van der Waals surface area contributed by atoms with Crippen molar-refractivity contribution in [2.45, 2.75) is 62.7 Å². The van der Waals surface area contributed by atoms with E-state index in [2.05, 4.69) is 52.5 Å². The van der Waals surface area contributed by atoms with Gasteiger partial charge in [0.25, 0.3) is 0 Å². The second kappa shape index (κ2) is 8.48. The molecule has 2 aromatic rings. The van der Waals surface area contributed by atoms with Crippen LogP contribution in [0.3, 0.4) is 0 Å². The quantitative estimate of drug-likeness (QED) is 0.695. The van der Waals surface area contributed by atoms with E-state index < -0.39 is 0 Å². The molecule has 2 N–H and O–H groups in total. The lowest BCUT2D eigenvalue weighted by atomic mass is 9.89. The Labute approximate surface area is 185 Å². The molecule has 1 saturated heterocycles. The molecule has 3 heterocycles. The molecule has 2 bridgehead atoms. The highest BCUT2D eigenvalue weighted by molar-refractivity contribution is 9.10. The number of fused-ring (bicyclic) bond motifs is 2. The number of aromatic nitrogens is 3. The van der Waals surface area contributed by atoms with Crippen molar-refractivity contribution >= 4 is 27.7 Å². The summed E-state index contributed by atoms with van der Waals surface area (Å²) in [6.07, 6.45) is 12.4. The third kappa shape index (κ3) is 4.01. The number of nitriles is 1. The Balaban J connectivity index is 1.27. The molecule has 1 aliphatic heterocycles. The molecule has 0 unspecified atom stereocenters. The van der Waals surface area contributed by atoms with E-state index in [1.807, 2.05) is 18.3 Å². The van der Waals surface area contributed by atoms with Crippen molar-refractivity contribution in [3.8, 4) is 6.07 Å². The van der Waals surface area contributed by atoms with Gasteiger partial charge in [-0.05, 0) is 43.7 Å². The lowest BCUT2D eigenvalue weighted by molar-refractivity contribution is 0.288. The minimum absolute atomic E-state index is 0.388. The van der Waals surface area contributed by atoms with Gasteiger partial charge >= 0.3 is 0 Å². The number of nitrogens with zero attached hydrogens (tertiary/aromatic N) is 5. The van der Waals surface area contributed by atoms with Crippen LogP contribution < -0.4 is 15.5 Å². The zero-order valence-electron chi connectivity index (χ0n) is 16.8. The highest BCUT2D eigenvalue weighted by atomic mass is 79.9. The molecule has 5 rings (SSSR count). The molecule has 2 aliphatic carbocycles. The van der Waals surface area contributed by atoms with Crippen molar-refractivity contribution in [1.82, 2.24) is 20.3 Å². The zero-order valence-corrected chi connectivity index (χ0v) is 18.4. The minimum atomic E-state index is 0.388. The van der Waals surface area contributed by atoms with Crippen LogP contribution in [0.25, 0.3) is 0 Å². The van der Waals surface area contributed by atoms with Gasteiger partial charge < -0.3 is 15.5 Å².